The molecule has 0 aromatic heterocycles. The summed E-state index contributed by atoms with van der Waals surface area (Å²) >= 11 is 0. The number of rotatable bonds is 18. The first kappa shape index (κ1) is 33.7. The van der Waals surface area contributed by atoms with Crippen molar-refractivity contribution in [2.24, 2.45) is 0 Å². The third-order valence-electron chi connectivity index (χ3n) is 6.89. The first-order valence-electron chi connectivity index (χ1n) is 13.7. The van der Waals surface area contributed by atoms with Gasteiger partial charge in [0.25, 0.3) is 0 Å². The van der Waals surface area contributed by atoms with Crippen molar-refractivity contribution in [3.8, 4) is 5.75 Å². The highest BCUT2D eigenvalue weighted by Gasteiger charge is 2.27. The van der Waals surface area contributed by atoms with Crippen molar-refractivity contribution < 1.29 is 35.7 Å². The average Bonchev–Trinajstić information content (AvgIpc) is 2.92. The van der Waals surface area contributed by atoms with Gasteiger partial charge in [-0.2, -0.15) is 0 Å². The zero-order valence-electron chi connectivity index (χ0n) is 23.5. The third-order valence-corrected chi connectivity index (χ3v) is 6.89. The molecule has 1 aromatic carbocycles. The van der Waals surface area contributed by atoms with Crippen LogP contribution in [0.15, 0.2) is 12.1 Å². The van der Waals surface area contributed by atoms with E-state index in [1.54, 1.807) is 44.7 Å². The Morgan fingerprint density at radius 1 is 0.486 bits per heavy atom. The quantitative estimate of drug-likeness (QED) is 0.141. The molecule has 0 bridgehead atoms. The maximum Gasteiger partial charge on any atom is 0.124 e. The van der Waals surface area contributed by atoms with Gasteiger partial charge in [-0.3, -0.25) is 0 Å². The fourth-order valence-corrected chi connectivity index (χ4v) is 4.40. The molecule has 0 heterocycles. The molecule has 0 amide bonds. The van der Waals surface area contributed by atoms with Crippen molar-refractivity contribution in [2.75, 3.05) is 0 Å². The molecule has 0 saturated heterocycles. The molecule has 0 spiro atoms. The van der Waals surface area contributed by atoms with Crippen LogP contribution in [-0.2, 0) is 19.6 Å². The molecule has 0 fully saturated rings. The van der Waals surface area contributed by atoms with Crippen LogP contribution in [0.3, 0.4) is 0 Å². The van der Waals surface area contributed by atoms with E-state index in [9.17, 15) is 35.7 Å². The molecule has 0 aliphatic rings. The van der Waals surface area contributed by atoms with E-state index in [0.29, 0.717) is 55.2 Å². The summed E-state index contributed by atoms with van der Waals surface area (Å²) in [6.07, 6.45) is -3.14. The molecular formula is C27H51N3O7. The summed E-state index contributed by atoms with van der Waals surface area (Å²) < 4.78 is 0. The molecule has 6 unspecified atom stereocenters. The zero-order chi connectivity index (χ0) is 28.3. The molecule has 0 saturated carbocycles. The normalized spacial score (nSPS) is 17.3. The number of hydrogen-bond donors (Lipinski definition) is 7. The highest BCUT2D eigenvalue weighted by Crippen LogP contribution is 2.31. The molecule has 10 nitrogen and oxygen atoms in total. The standard InChI is InChI=1S/C27H51N3O7/c1-7-21(31)28(22(32)8-2)15-18-13-19(16-29(23(33)9-3)24(34)10-4)27(37)20(14-18)17-30(25(35)11-5)26(36)12-6/h13-14,21-26,31-37H,7-12,15-17H2,1-6H3. The van der Waals surface area contributed by atoms with Crippen LogP contribution in [0.5, 0.6) is 5.75 Å². The highest BCUT2D eigenvalue weighted by molar-refractivity contribution is 5.44. The van der Waals surface area contributed by atoms with Gasteiger partial charge in [0.2, 0.25) is 0 Å². The van der Waals surface area contributed by atoms with Crippen LogP contribution in [0.1, 0.15) is 96.8 Å². The molecule has 1 rings (SSSR count). The van der Waals surface area contributed by atoms with Crippen molar-refractivity contribution in [1.29, 1.82) is 0 Å². The summed E-state index contributed by atoms with van der Waals surface area (Å²) in [5, 5.41) is 74.6. The van der Waals surface area contributed by atoms with Crippen LogP contribution in [0, 0.1) is 0 Å². The van der Waals surface area contributed by atoms with E-state index in [0.717, 1.165) is 0 Å². The van der Waals surface area contributed by atoms with Gasteiger partial charge in [-0.15, -0.1) is 0 Å². The number of phenols is 1. The van der Waals surface area contributed by atoms with Gasteiger partial charge in [0, 0.05) is 30.8 Å². The molecule has 1 aromatic rings. The monoisotopic (exact) mass is 529 g/mol. The van der Waals surface area contributed by atoms with E-state index in [2.05, 4.69) is 0 Å². The molecular weight excluding hydrogens is 478 g/mol. The van der Waals surface area contributed by atoms with E-state index in [1.807, 2.05) is 13.8 Å². The molecule has 10 heteroatoms. The van der Waals surface area contributed by atoms with Gasteiger partial charge in [0.05, 0.1) is 0 Å². The van der Waals surface area contributed by atoms with Crippen LogP contribution >= 0.6 is 0 Å². The Bertz CT molecular complexity index is 707. The maximum atomic E-state index is 11.3. The van der Waals surface area contributed by atoms with Gasteiger partial charge in [-0.25, -0.2) is 14.7 Å². The summed E-state index contributed by atoms with van der Waals surface area (Å²) in [6, 6.07) is 3.48. The topological polar surface area (TPSA) is 151 Å². The maximum absolute atomic E-state index is 11.3. The zero-order valence-corrected chi connectivity index (χ0v) is 23.5. The van der Waals surface area contributed by atoms with Gasteiger partial charge in [-0.1, -0.05) is 41.5 Å². The number of hydrogen-bond acceptors (Lipinski definition) is 10. The van der Waals surface area contributed by atoms with Crippen molar-refractivity contribution >= 4 is 0 Å². The summed E-state index contributed by atoms with van der Waals surface area (Å²) in [7, 11) is 0. The van der Waals surface area contributed by atoms with Gasteiger partial charge in [0.1, 0.15) is 43.1 Å². The molecule has 6 atom stereocenters. The Balaban J connectivity index is 3.62. The number of aliphatic hydroxyl groups excluding tert-OH is 6. The van der Waals surface area contributed by atoms with E-state index < -0.39 is 37.4 Å². The highest BCUT2D eigenvalue weighted by atomic mass is 16.3. The SMILES string of the molecule is CCC(O)N(Cc1cc(CN(C(O)CC)C(O)CC)c(O)c(CN(C(O)CC)C(O)CC)c1)C(O)CC. The lowest BCUT2D eigenvalue weighted by molar-refractivity contribution is -0.111. The number of nitrogens with zero attached hydrogens (tertiary/aromatic N) is 3. The summed E-state index contributed by atoms with van der Waals surface area (Å²) in [5.74, 6) is -0.0596. The van der Waals surface area contributed by atoms with E-state index in [4.69, 9.17) is 0 Å². The van der Waals surface area contributed by atoms with E-state index in [1.165, 1.54) is 9.80 Å². The van der Waals surface area contributed by atoms with Crippen LogP contribution in [0.25, 0.3) is 0 Å². The number of aliphatic hydroxyl groups is 6. The summed E-state index contributed by atoms with van der Waals surface area (Å²) in [4.78, 5) is 4.57. The van der Waals surface area contributed by atoms with Gasteiger partial charge in [0.15, 0.2) is 0 Å². The Morgan fingerprint density at radius 2 is 0.730 bits per heavy atom. The second-order valence-corrected chi connectivity index (χ2v) is 9.61. The smallest absolute Gasteiger partial charge is 0.124 e. The summed E-state index contributed by atoms with van der Waals surface area (Å²) in [6.45, 7) is 11.1. The molecule has 0 radical (unpaired) electrons. The fourth-order valence-electron chi connectivity index (χ4n) is 4.40. The second-order valence-electron chi connectivity index (χ2n) is 9.61. The summed E-state index contributed by atoms with van der Waals surface area (Å²) in [5.41, 5.74) is 1.58. The Hall–Kier alpha value is -1.34. The van der Waals surface area contributed by atoms with Crippen LogP contribution in [-0.4, -0.2) is 87.8 Å². The van der Waals surface area contributed by atoms with Gasteiger partial charge in [-0.05, 0) is 56.2 Å². The van der Waals surface area contributed by atoms with E-state index >= 15 is 0 Å². The lowest BCUT2D eigenvalue weighted by atomic mass is 10.0. The minimum absolute atomic E-state index is 0.0516. The largest absolute Gasteiger partial charge is 0.507 e. The number of phenolic OH excluding ortho intramolecular Hbond substituents is 1. The first-order chi connectivity index (χ1) is 17.5. The fraction of sp³-hybridized carbons (Fsp3) is 0.778. The van der Waals surface area contributed by atoms with Crippen molar-refractivity contribution in [1.82, 2.24) is 14.7 Å². The Morgan fingerprint density at radius 3 is 0.973 bits per heavy atom. The van der Waals surface area contributed by atoms with Gasteiger partial charge >= 0.3 is 0 Å². The number of aromatic hydroxyl groups is 1. The van der Waals surface area contributed by atoms with Crippen LogP contribution in [0.4, 0.5) is 0 Å². The molecule has 0 aliphatic carbocycles. The Kier molecular flexibility index (Phi) is 15.1. The lowest BCUT2D eigenvalue weighted by Crippen LogP contribution is -2.43. The minimum atomic E-state index is -0.929. The predicted octanol–water partition coefficient (Wildman–Crippen LogP) is 2.17. The first-order valence-corrected chi connectivity index (χ1v) is 13.7. The third kappa shape index (κ3) is 9.42. The number of benzene rings is 1. The van der Waals surface area contributed by atoms with Crippen molar-refractivity contribution in [3.63, 3.8) is 0 Å². The Labute approximate surface area is 222 Å². The predicted molar refractivity (Wildman–Crippen MR) is 143 cm³/mol. The van der Waals surface area contributed by atoms with Crippen molar-refractivity contribution in [3.05, 3.63) is 28.8 Å². The average molecular weight is 530 g/mol. The van der Waals surface area contributed by atoms with E-state index in [-0.39, 0.29) is 25.4 Å². The van der Waals surface area contributed by atoms with Crippen LogP contribution in [0.2, 0.25) is 0 Å². The minimum Gasteiger partial charge on any atom is -0.507 e. The van der Waals surface area contributed by atoms with Gasteiger partial charge < -0.3 is 35.7 Å². The molecule has 37 heavy (non-hydrogen) atoms. The second kappa shape index (κ2) is 16.6. The molecule has 7 N–H and O–H groups in total. The van der Waals surface area contributed by atoms with Crippen LogP contribution < -0.4 is 0 Å². The van der Waals surface area contributed by atoms with Crippen molar-refractivity contribution in [2.45, 2.75) is 137 Å². The molecule has 216 valence electrons. The molecule has 0 aliphatic heterocycles. The lowest BCUT2D eigenvalue weighted by Gasteiger charge is -2.34.